The van der Waals surface area contributed by atoms with Crippen LogP contribution in [0.3, 0.4) is 0 Å². The van der Waals surface area contributed by atoms with Crippen LogP contribution < -0.4 is 10.6 Å². The van der Waals surface area contributed by atoms with Gasteiger partial charge in [-0.1, -0.05) is 0 Å². The van der Waals surface area contributed by atoms with Crippen molar-refractivity contribution in [2.24, 2.45) is 0 Å². The number of nitrogens with zero attached hydrogens (tertiary/aromatic N) is 1. The van der Waals surface area contributed by atoms with E-state index in [-0.39, 0.29) is 18.2 Å². The Labute approximate surface area is 116 Å². The van der Waals surface area contributed by atoms with Gasteiger partial charge in [-0.25, -0.2) is 0 Å². The first-order valence-corrected chi connectivity index (χ1v) is 6.40. The molecule has 20 heavy (non-hydrogen) atoms. The Morgan fingerprint density at radius 2 is 2.35 bits per heavy atom. The van der Waals surface area contributed by atoms with E-state index in [2.05, 4.69) is 10.6 Å². The predicted molar refractivity (Wildman–Crippen MR) is 69.9 cm³/mol. The molecule has 1 saturated heterocycles. The van der Waals surface area contributed by atoms with Gasteiger partial charge in [-0.05, 0) is 18.6 Å². The Hall–Kier alpha value is -2.15. The number of carbonyl (C=O) groups is 3. The highest BCUT2D eigenvalue weighted by Gasteiger charge is 2.28. The van der Waals surface area contributed by atoms with Crippen LogP contribution in [0, 0.1) is 0 Å². The number of hydrogen-bond acceptors (Lipinski definition) is 4. The first kappa shape index (κ1) is 14.3. The number of imide groups is 1. The number of ether oxygens (including phenoxy) is 1. The second kappa shape index (κ2) is 6.33. The minimum Gasteiger partial charge on any atom is -0.383 e. The van der Waals surface area contributed by atoms with Gasteiger partial charge < -0.3 is 14.6 Å². The summed E-state index contributed by atoms with van der Waals surface area (Å²) in [4.78, 5) is 34.8. The molecular formula is C13H17N3O4. The highest BCUT2D eigenvalue weighted by molar-refractivity contribution is 6.03. The van der Waals surface area contributed by atoms with Crippen molar-refractivity contribution >= 4 is 17.7 Å². The van der Waals surface area contributed by atoms with Crippen molar-refractivity contribution in [3.8, 4) is 0 Å². The summed E-state index contributed by atoms with van der Waals surface area (Å²) in [5, 5.41) is 4.85. The van der Waals surface area contributed by atoms with E-state index >= 15 is 0 Å². The fourth-order valence-electron chi connectivity index (χ4n) is 2.07. The van der Waals surface area contributed by atoms with Crippen molar-refractivity contribution in [2.75, 3.05) is 13.7 Å². The van der Waals surface area contributed by atoms with E-state index in [9.17, 15) is 14.4 Å². The summed E-state index contributed by atoms with van der Waals surface area (Å²) >= 11 is 0. The van der Waals surface area contributed by atoms with E-state index < -0.39 is 11.9 Å². The van der Waals surface area contributed by atoms with E-state index in [0.717, 1.165) is 0 Å². The predicted octanol–water partition coefficient (Wildman–Crippen LogP) is -0.330. The smallest absolute Gasteiger partial charge is 0.268 e. The number of methoxy groups -OCH3 is 1. The van der Waals surface area contributed by atoms with Gasteiger partial charge in [0.05, 0.1) is 6.61 Å². The van der Waals surface area contributed by atoms with Crippen molar-refractivity contribution in [2.45, 2.75) is 25.4 Å². The largest absolute Gasteiger partial charge is 0.383 e. The first-order valence-electron chi connectivity index (χ1n) is 6.40. The van der Waals surface area contributed by atoms with Crippen LogP contribution >= 0.6 is 0 Å². The molecule has 1 aliphatic heterocycles. The molecular weight excluding hydrogens is 262 g/mol. The summed E-state index contributed by atoms with van der Waals surface area (Å²) in [6, 6.07) is 2.78. The highest BCUT2D eigenvalue weighted by Crippen LogP contribution is 2.07. The maximum Gasteiger partial charge on any atom is 0.268 e. The molecule has 1 unspecified atom stereocenters. The van der Waals surface area contributed by atoms with Crippen LogP contribution in [0.5, 0.6) is 0 Å². The number of amides is 3. The van der Waals surface area contributed by atoms with Crippen LogP contribution in [-0.4, -0.2) is 42.0 Å². The lowest BCUT2D eigenvalue weighted by Gasteiger charge is -2.22. The van der Waals surface area contributed by atoms with Gasteiger partial charge in [0.15, 0.2) is 0 Å². The SMILES string of the molecule is COCCn1cccc1C(=O)NC1CCC(=O)NC1=O. The molecule has 0 bridgehead atoms. The number of aromatic nitrogens is 1. The molecule has 1 atom stereocenters. The molecule has 0 aromatic carbocycles. The zero-order valence-electron chi connectivity index (χ0n) is 11.2. The zero-order valence-corrected chi connectivity index (χ0v) is 11.2. The average Bonchev–Trinajstić information content (AvgIpc) is 2.88. The second-order valence-corrected chi connectivity index (χ2v) is 4.56. The average molecular weight is 279 g/mol. The monoisotopic (exact) mass is 279 g/mol. The Bertz CT molecular complexity index is 523. The molecule has 7 heteroatoms. The molecule has 2 heterocycles. The third-order valence-corrected chi connectivity index (χ3v) is 3.14. The third-order valence-electron chi connectivity index (χ3n) is 3.14. The lowest BCUT2D eigenvalue weighted by atomic mass is 10.1. The summed E-state index contributed by atoms with van der Waals surface area (Å²) in [5.41, 5.74) is 0.465. The standard InChI is InChI=1S/C13H17N3O4/c1-20-8-7-16-6-2-3-10(16)13(19)14-9-4-5-11(17)15-12(9)18/h2-3,6,9H,4-5,7-8H2,1H3,(H,14,19)(H,15,17,18). The van der Waals surface area contributed by atoms with Gasteiger partial charge in [0.1, 0.15) is 11.7 Å². The third kappa shape index (κ3) is 3.24. The van der Waals surface area contributed by atoms with Gasteiger partial charge in [-0.3, -0.25) is 19.7 Å². The molecule has 0 radical (unpaired) electrons. The van der Waals surface area contributed by atoms with Crippen LogP contribution in [-0.2, 0) is 20.9 Å². The van der Waals surface area contributed by atoms with Crippen LogP contribution in [0.25, 0.3) is 0 Å². The Kier molecular flexibility index (Phi) is 4.52. The van der Waals surface area contributed by atoms with Crippen molar-refractivity contribution in [1.29, 1.82) is 0 Å². The lowest BCUT2D eigenvalue weighted by molar-refractivity contribution is -0.134. The van der Waals surface area contributed by atoms with Crippen molar-refractivity contribution in [1.82, 2.24) is 15.2 Å². The van der Waals surface area contributed by atoms with Crippen LogP contribution in [0.2, 0.25) is 0 Å². The molecule has 3 amide bonds. The maximum atomic E-state index is 12.1. The minimum atomic E-state index is -0.661. The quantitative estimate of drug-likeness (QED) is 0.722. The molecule has 1 aromatic rings. The molecule has 2 N–H and O–H groups in total. The molecule has 2 rings (SSSR count). The number of carbonyl (C=O) groups excluding carboxylic acids is 3. The Balaban J connectivity index is 1.99. The summed E-state index contributed by atoms with van der Waals surface area (Å²) < 4.78 is 6.73. The van der Waals surface area contributed by atoms with E-state index in [1.807, 2.05) is 0 Å². The number of piperidine rings is 1. The summed E-state index contributed by atoms with van der Waals surface area (Å²) in [7, 11) is 1.59. The van der Waals surface area contributed by atoms with Crippen LogP contribution in [0.4, 0.5) is 0 Å². The summed E-state index contributed by atoms with van der Waals surface area (Å²) in [6.45, 7) is 1.05. The van der Waals surface area contributed by atoms with Crippen molar-refractivity contribution in [3.63, 3.8) is 0 Å². The molecule has 0 saturated carbocycles. The topological polar surface area (TPSA) is 89.4 Å². The van der Waals surface area contributed by atoms with E-state index in [1.54, 1.807) is 30.0 Å². The minimum absolute atomic E-state index is 0.237. The van der Waals surface area contributed by atoms with Crippen molar-refractivity contribution < 1.29 is 19.1 Å². The molecule has 1 fully saturated rings. The van der Waals surface area contributed by atoms with Gasteiger partial charge in [0.2, 0.25) is 11.8 Å². The number of nitrogens with one attached hydrogen (secondary N) is 2. The second-order valence-electron chi connectivity index (χ2n) is 4.56. The molecule has 0 aliphatic carbocycles. The Morgan fingerprint density at radius 1 is 1.55 bits per heavy atom. The first-order chi connectivity index (χ1) is 9.61. The summed E-state index contributed by atoms with van der Waals surface area (Å²) in [5.74, 6) is -1.09. The van der Waals surface area contributed by atoms with Crippen molar-refractivity contribution in [3.05, 3.63) is 24.0 Å². The number of hydrogen-bond donors (Lipinski definition) is 2. The van der Waals surface area contributed by atoms with Gasteiger partial charge in [-0.15, -0.1) is 0 Å². The normalized spacial score (nSPS) is 18.8. The van der Waals surface area contributed by atoms with Gasteiger partial charge in [0, 0.05) is 26.3 Å². The van der Waals surface area contributed by atoms with E-state index in [4.69, 9.17) is 4.74 Å². The molecule has 108 valence electrons. The molecule has 1 aromatic heterocycles. The van der Waals surface area contributed by atoms with Gasteiger partial charge in [-0.2, -0.15) is 0 Å². The fourth-order valence-corrected chi connectivity index (χ4v) is 2.07. The van der Waals surface area contributed by atoms with Gasteiger partial charge in [0.25, 0.3) is 5.91 Å². The zero-order chi connectivity index (χ0) is 14.5. The maximum absolute atomic E-state index is 12.1. The highest BCUT2D eigenvalue weighted by atomic mass is 16.5. The van der Waals surface area contributed by atoms with E-state index in [1.165, 1.54) is 0 Å². The molecule has 7 nitrogen and oxygen atoms in total. The van der Waals surface area contributed by atoms with E-state index in [0.29, 0.717) is 25.3 Å². The van der Waals surface area contributed by atoms with Crippen LogP contribution in [0.15, 0.2) is 18.3 Å². The molecule has 1 aliphatic rings. The van der Waals surface area contributed by atoms with Crippen LogP contribution in [0.1, 0.15) is 23.3 Å². The molecule has 0 spiro atoms. The lowest BCUT2D eigenvalue weighted by Crippen LogP contribution is -2.52. The Morgan fingerprint density at radius 3 is 3.05 bits per heavy atom. The van der Waals surface area contributed by atoms with Gasteiger partial charge >= 0.3 is 0 Å². The number of rotatable bonds is 5. The fraction of sp³-hybridized carbons (Fsp3) is 0.462. The summed E-state index contributed by atoms with van der Waals surface area (Å²) in [6.07, 6.45) is 2.34.